The van der Waals surface area contributed by atoms with E-state index in [1.807, 2.05) is 67.3 Å². The first kappa shape index (κ1) is 40.2. The number of pyridine rings is 3. The largest absolute Gasteiger partial charge is 0.480 e. The van der Waals surface area contributed by atoms with Gasteiger partial charge in [0.05, 0.1) is 15.8 Å². The van der Waals surface area contributed by atoms with Gasteiger partial charge in [-0.15, -0.1) is 0 Å². The van der Waals surface area contributed by atoms with Gasteiger partial charge in [-0.1, -0.05) is 24.3 Å². The molecule has 0 aliphatic heterocycles. The van der Waals surface area contributed by atoms with E-state index in [1.165, 1.54) is 28.1 Å². The number of carbonyl (C=O) groups is 2. The number of hydrogen-bond donors (Lipinski definition) is 7. The Bertz CT molecular complexity index is 2910. The molecule has 0 radical (unpaired) electrons. The summed E-state index contributed by atoms with van der Waals surface area (Å²) >= 11 is 0. The molecule has 2 atom stereocenters. The number of aliphatic carboxylic acids is 2. The van der Waals surface area contributed by atoms with Crippen LogP contribution < -0.4 is 11.5 Å². The van der Waals surface area contributed by atoms with Gasteiger partial charge in [-0.25, -0.2) is 0 Å². The second-order valence-corrected chi connectivity index (χ2v) is 13.8. The lowest BCUT2D eigenvalue weighted by molar-refractivity contribution is -0.383. The molecular formula is C45H39N9O6. The van der Waals surface area contributed by atoms with Crippen LogP contribution in [0.1, 0.15) is 11.1 Å². The molecule has 0 amide bonds. The number of non-ortho nitro benzene ring substituents is 1. The minimum absolute atomic E-state index is 0.00474. The zero-order valence-corrected chi connectivity index (χ0v) is 31.9. The van der Waals surface area contributed by atoms with E-state index in [4.69, 9.17) is 21.7 Å². The Kier molecular flexibility index (Phi) is 12.1. The van der Waals surface area contributed by atoms with Crippen molar-refractivity contribution in [3.05, 3.63) is 168 Å². The Balaban J connectivity index is 0.000000139. The highest BCUT2D eigenvalue weighted by Gasteiger charge is 2.22. The molecule has 0 unspecified atom stereocenters. The molecule has 0 spiro atoms. The molecule has 0 fully saturated rings. The number of carboxylic acids is 2. The van der Waals surface area contributed by atoms with Crippen molar-refractivity contribution in [2.75, 3.05) is 0 Å². The Morgan fingerprint density at radius 2 is 1.07 bits per heavy atom. The number of fused-ring (bicyclic) bond motifs is 3. The molecule has 9 N–H and O–H groups in total. The molecule has 9 rings (SSSR count). The lowest BCUT2D eigenvalue weighted by Crippen LogP contribution is -2.32. The predicted molar refractivity (Wildman–Crippen MR) is 230 cm³/mol. The maximum Gasteiger partial charge on any atom is 0.320 e. The zero-order chi connectivity index (χ0) is 42.2. The van der Waals surface area contributed by atoms with Gasteiger partial charge >= 0.3 is 11.9 Å². The number of rotatable bonds is 10. The molecule has 6 heterocycles. The lowest BCUT2D eigenvalue weighted by Gasteiger charge is -2.07. The number of aromatic amines is 3. The van der Waals surface area contributed by atoms with E-state index >= 15 is 0 Å². The van der Waals surface area contributed by atoms with Crippen molar-refractivity contribution in [1.29, 1.82) is 0 Å². The summed E-state index contributed by atoms with van der Waals surface area (Å²) in [6, 6.07) is 27.2. The first-order valence-corrected chi connectivity index (χ1v) is 18.7. The van der Waals surface area contributed by atoms with Crippen LogP contribution in [0.15, 0.2) is 147 Å². The number of hydrogen-bond acceptors (Lipinski definition) is 9. The van der Waals surface area contributed by atoms with Crippen LogP contribution in [-0.4, -0.2) is 69.1 Å². The third-order valence-corrected chi connectivity index (χ3v) is 9.91. The highest BCUT2D eigenvalue weighted by Crippen LogP contribution is 2.35. The molecule has 0 aliphatic rings. The van der Waals surface area contributed by atoms with Crippen LogP contribution in [0.5, 0.6) is 0 Å². The van der Waals surface area contributed by atoms with Gasteiger partial charge in [0.2, 0.25) is 0 Å². The van der Waals surface area contributed by atoms with Crippen LogP contribution in [-0.2, 0) is 22.4 Å². The van der Waals surface area contributed by atoms with Gasteiger partial charge in [0.25, 0.3) is 5.69 Å². The van der Waals surface area contributed by atoms with Gasteiger partial charge in [-0.3, -0.25) is 34.7 Å². The fraction of sp³-hybridized carbons (Fsp3) is 0.0889. The summed E-state index contributed by atoms with van der Waals surface area (Å²) in [5.41, 5.74) is 21.2. The highest BCUT2D eigenvalue weighted by atomic mass is 16.6. The molecule has 9 aromatic rings. The van der Waals surface area contributed by atoms with Crippen molar-refractivity contribution in [1.82, 2.24) is 29.9 Å². The zero-order valence-electron chi connectivity index (χ0n) is 31.9. The van der Waals surface area contributed by atoms with E-state index in [9.17, 15) is 19.7 Å². The third kappa shape index (κ3) is 9.23. The number of nitro benzene ring substituents is 1. The summed E-state index contributed by atoms with van der Waals surface area (Å²) in [6.45, 7) is 0. The molecule has 15 nitrogen and oxygen atoms in total. The SMILES string of the molecule is N[C@@H](Cc1c[nH]c2cc(-c3ccncc3)cc([N+](=O)[O-])c12)C(=O)O.N[C@@H](Cc1c[nH]c2cc(-c3ccncc3)ccc12)C(=O)O.c1cc(-c2ccc3cc[nH]c3c2)ccn1. The molecule has 0 aliphatic carbocycles. The molecule has 0 saturated carbocycles. The average Bonchev–Trinajstić information content (AvgIpc) is 4.03. The number of benzene rings is 3. The van der Waals surface area contributed by atoms with Gasteiger partial charge in [-0.05, 0) is 111 Å². The first-order valence-electron chi connectivity index (χ1n) is 18.7. The summed E-state index contributed by atoms with van der Waals surface area (Å²) in [7, 11) is 0. The Labute approximate surface area is 341 Å². The number of H-pyrrole nitrogens is 3. The highest BCUT2D eigenvalue weighted by molar-refractivity contribution is 5.96. The number of nitrogens with two attached hydrogens (primary N) is 2. The molecular weight excluding hydrogens is 763 g/mol. The van der Waals surface area contributed by atoms with Crippen molar-refractivity contribution in [2.24, 2.45) is 11.5 Å². The van der Waals surface area contributed by atoms with Crippen LogP contribution in [0.4, 0.5) is 5.69 Å². The standard InChI is InChI=1S/C16H14N4O4.C16H15N3O2.C13H10N2/c17-12(16(21)22)5-11-8-19-13-6-10(9-1-3-18-4-2-9)7-14(15(11)13)20(23)24;17-14(16(20)21)7-12-9-19-15-8-11(1-2-13(12)15)10-3-5-18-6-4-10;1-2-12(10-3-6-14-7-4-10)9-13-11(1)5-8-15-13/h1-4,6-8,12,19H,5,17H2,(H,21,22);1-6,8-9,14,19H,7,17H2,(H,20,21);1-9,15H/t12-;14-;/m00./s1. The summed E-state index contributed by atoms with van der Waals surface area (Å²) in [5.74, 6) is -2.14. The maximum absolute atomic E-state index is 11.5. The minimum Gasteiger partial charge on any atom is -0.480 e. The van der Waals surface area contributed by atoms with Crippen LogP contribution in [0, 0.1) is 10.1 Å². The van der Waals surface area contributed by atoms with Crippen molar-refractivity contribution < 1.29 is 24.7 Å². The van der Waals surface area contributed by atoms with Crippen LogP contribution in [0.3, 0.4) is 0 Å². The van der Waals surface area contributed by atoms with Crippen LogP contribution in [0.25, 0.3) is 66.1 Å². The van der Waals surface area contributed by atoms with Crippen LogP contribution in [0.2, 0.25) is 0 Å². The summed E-state index contributed by atoms with van der Waals surface area (Å²) in [6.07, 6.45) is 16.0. The molecule has 6 aromatic heterocycles. The van der Waals surface area contributed by atoms with Gasteiger partial charge < -0.3 is 36.6 Å². The number of carboxylic acid groups (broad SMARTS) is 2. The molecule has 60 heavy (non-hydrogen) atoms. The van der Waals surface area contributed by atoms with E-state index in [0.717, 1.165) is 33.2 Å². The van der Waals surface area contributed by atoms with E-state index in [1.54, 1.807) is 49.2 Å². The third-order valence-electron chi connectivity index (χ3n) is 9.91. The monoisotopic (exact) mass is 801 g/mol. The number of nitrogens with zero attached hydrogens (tertiary/aromatic N) is 4. The smallest absolute Gasteiger partial charge is 0.320 e. The van der Waals surface area contributed by atoms with E-state index < -0.39 is 28.9 Å². The predicted octanol–water partition coefficient (Wildman–Crippen LogP) is 7.51. The molecule has 15 heteroatoms. The summed E-state index contributed by atoms with van der Waals surface area (Å²) in [4.78, 5) is 54.1. The molecule has 0 saturated heterocycles. The van der Waals surface area contributed by atoms with E-state index in [-0.39, 0.29) is 12.1 Å². The molecule has 0 bridgehead atoms. The Morgan fingerprint density at radius 1 is 0.583 bits per heavy atom. The van der Waals surface area contributed by atoms with Crippen LogP contribution >= 0.6 is 0 Å². The fourth-order valence-electron chi connectivity index (χ4n) is 6.83. The quantitative estimate of drug-likeness (QED) is 0.0526. The Morgan fingerprint density at radius 3 is 1.63 bits per heavy atom. The number of nitrogens with one attached hydrogen (secondary N) is 3. The minimum atomic E-state index is -1.15. The topological polar surface area (TPSA) is 256 Å². The molecule has 3 aromatic carbocycles. The van der Waals surface area contributed by atoms with Crippen molar-refractivity contribution in [3.63, 3.8) is 0 Å². The number of nitro groups is 1. The second-order valence-electron chi connectivity index (χ2n) is 13.8. The number of aromatic nitrogens is 6. The van der Waals surface area contributed by atoms with Gasteiger partial charge in [0.1, 0.15) is 12.1 Å². The summed E-state index contributed by atoms with van der Waals surface area (Å²) in [5, 5.41) is 32.0. The fourth-order valence-corrected chi connectivity index (χ4v) is 6.83. The molecule has 300 valence electrons. The van der Waals surface area contributed by atoms with Crippen molar-refractivity contribution in [2.45, 2.75) is 24.9 Å². The lowest BCUT2D eigenvalue weighted by atomic mass is 10.00. The van der Waals surface area contributed by atoms with E-state index in [0.29, 0.717) is 28.5 Å². The van der Waals surface area contributed by atoms with Gasteiger partial charge in [0, 0.05) is 91.1 Å². The normalized spacial score (nSPS) is 11.9. The van der Waals surface area contributed by atoms with Gasteiger partial charge in [0.15, 0.2) is 0 Å². The summed E-state index contributed by atoms with van der Waals surface area (Å²) < 4.78 is 0. The Hall–Kier alpha value is -8.01. The van der Waals surface area contributed by atoms with Gasteiger partial charge in [-0.2, -0.15) is 0 Å². The second kappa shape index (κ2) is 18.1. The maximum atomic E-state index is 11.5. The van der Waals surface area contributed by atoms with E-state index in [2.05, 4.69) is 54.2 Å². The van der Waals surface area contributed by atoms with Crippen molar-refractivity contribution in [3.8, 4) is 33.4 Å². The average molecular weight is 802 g/mol. The first-order chi connectivity index (χ1) is 29.0. The van der Waals surface area contributed by atoms with Crippen molar-refractivity contribution >= 4 is 50.3 Å².